The molecular weight excluding hydrogens is 448 g/mol. The molecule has 0 atom stereocenters. The molecular formula is C19H17BrN2O7. The number of nitrogens with one attached hydrogen (secondary N) is 1. The third-order valence-corrected chi connectivity index (χ3v) is 4.17. The van der Waals surface area contributed by atoms with Crippen LogP contribution in [0.25, 0.3) is 0 Å². The zero-order valence-corrected chi connectivity index (χ0v) is 17.1. The van der Waals surface area contributed by atoms with Gasteiger partial charge in [-0.1, -0.05) is 15.9 Å². The van der Waals surface area contributed by atoms with E-state index in [2.05, 4.69) is 21.2 Å². The Hall–Kier alpha value is -3.27. The van der Waals surface area contributed by atoms with Crippen LogP contribution in [0.2, 0.25) is 0 Å². The summed E-state index contributed by atoms with van der Waals surface area (Å²) in [6.45, 7) is 2.84. The van der Waals surface area contributed by atoms with Crippen LogP contribution >= 0.6 is 15.9 Å². The molecule has 0 saturated carbocycles. The third kappa shape index (κ3) is 6.11. The van der Waals surface area contributed by atoms with Crippen molar-refractivity contribution < 1.29 is 28.8 Å². The lowest BCUT2D eigenvalue weighted by Crippen LogP contribution is -2.21. The second-order valence-corrected chi connectivity index (χ2v) is 6.75. The van der Waals surface area contributed by atoms with Crippen LogP contribution in [-0.4, -0.2) is 36.0 Å². The normalized spacial score (nSPS) is 10.2. The maximum Gasteiger partial charge on any atom is 0.338 e. The average molecular weight is 465 g/mol. The molecule has 1 amide bonds. The molecule has 152 valence electrons. The number of non-ortho nitro benzene ring substituents is 1. The number of carbonyl (C=O) groups is 3. The Labute approximate surface area is 174 Å². The minimum Gasteiger partial charge on any atom is -0.462 e. The van der Waals surface area contributed by atoms with Gasteiger partial charge < -0.3 is 14.8 Å². The molecule has 10 heteroatoms. The van der Waals surface area contributed by atoms with E-state index in [-0.39, 0.29) is 17.7 Å². The van der Waals surface area contributed by atoms with Gasteiger partial charge in [-0.25, -0.2) is 9.59 Å². The number of hydrogen-bond donors (Lipinski definition) is 1. The first-order valence-electron chi connectivity index (χ1n) is 8.41. The molecule has 0 saturated heterocycles. The van der Waals surface area contributed by atoms with Crippen LogP contribution in [0.5, 0.6) is 0 Å². The van der Waals surface area contributed by atoms with Crippen molar-refractivity contribution in [1.82, 2.24) is 0 Å². The molecule has 0 aromatic heterocycles. The molecule has 1 N–H and O–H groups in total. The van der Waals surface area contributed by atoms with Crippen LogP contribution in [0.15, 0.2) is 40.9 Å². The highest BCUT2D eigenvalue weighted by atomic mass is 79.9. The molecule has 2 aromatic rings. The molecule has 2 rings (SSSR count). The minimum absolute atomic E-state index is 0.0664. The van der Waals surface area contributed by atoms with Crippen LogP contribution in [-0.2, 0) is 14.3 Å². The molecule has 0 radical (unpaired) electrons. The number of amides is 1. The fraction of sp³-hybridized carbons (Fsp3) is 0.211. The van der Waals surface area contributed by atoms with Gasteiger partial charge in [0.15, 0.2) is 6.61 Å². The maximum absolute atomic E-state index is 12.2. The zero-order chi connectivity index (χ0) is 21.6. The van der Waals surface area contributed by atoms with Gasteiger partial charge in [0.25, 0.3) is 11.6 Å². The van der Waals surface area contributed by atoms with Crippen molar-refractivity contribution in [2.24, 2.45) is 0 Å². The van der Waals surface area contributed by atoms with Crippen molar-refractivity contribution in [1.29, 1.82) is 0 Å². The zero-order valence-electron chi connectivity index (χ0n) is 15.6. The van der Waals surface area contributed by atoms with E-state index in [0.717, 1.165) is 28.2 Å². The van der Waals surface area contributed by atoms with E-state index in [0.29, 0.717) is 5.69 Å². The van der Waals surface area contributed by atoms with E-state index in [1.165, 1.54) is 0 Å². The molecule has 0 unspecified atom stereocenters. The van der Waals surface area contributed by atoms with Crippen LogP contribution in [0.3, 0.4) is 0 Å². The van der Waals surface area contributed by atoms with Crippen LogP contribution in [0, 0.1) is 17.0 Å². The lowest BCUT2D eigenvalue weighted by molar-refractivity contribution is -0.384. The van der Waals surface area contributed by atoms with Gasteiger partial charge in [0, 0.05) is 22.3 Å². The fourth-order valence-electron chi connectivity index (χ4n) is 2.33. The molecule has 0 bridgehead atoms. The Morgan fingerprint density at radius 3 is 2.24 bits per heavy atom. The monoisotopic (exact) mass is 464 g/mol. The number of esters is 2. The number of nitro groups is 1. The SMILES string of the molecule is CCOC(=O)c1cc(C(=O)OCC(=O)Nc2ccc(Br)cc2C)cc([N+](=O)[O-])c1. The summed E-state index contributed by atoms with van der Waals surface area (Å²) in [6, 6.07) is 8.31. The first kappa shape index (κ1) is 22.0. The smallest absolute Gasteiger partial charge is 0.338 e. The van der Waals surface area contributed by atoms with E-state index in [9.17, 15) is 24.5 Å². The molecule has 0 heterocycles. The second kappa shape index (κ2) is 9.78. The number of nitrogens with zero attached hydrogens (tertiary/aromatic N) is 1. The Balaban J connectivity index is 2.10. The molecule has 0 spiro atoms. The summed E-state index contributed by atoms with van der Waals surface area (Å²) >= 11 is 3.32. The summed E-state index contributed by atoms with van der Waals surface area (Å²) in [4.78, 5) is 46.5. The number of ether oxygens (including phenoxy) is 2. The Kier molecular flexibility index (Phi) is 7.43. The van der Waals surface area contributed by atoms with Crippen LogP contribution < -0.4 is 5.32 Å². The number of halogens is 1. The van der Waals surface area contributed by atoms with Crippen LogP contribution in [0.1, 0.15) is 33.2 Å². The molecule has 0 aliphatic heterocycles. The summed E-state index contributed by atoms with van der Waals surface area (Å²) < 4.78 is 10.6. The minimum atomic E-state index is -0.984. The number of hydrogen-bond acceptors (Lipinski definition) is 7. The highest BCUT2D eigenvalue weighted by Crippen LogP contribution is 2.21. The van der Waals surface area contributed by atoms with E-state index < -0.39 is 35.1 Å². The van der Waals surface area contributed by atoms with Crippen molar-refractivity contribution in [3.05, 3.63) is 67.7 Å². The van der Waals surface area contributed by atoms with Gasteiger partial charge in [0.1, 0.15) is 0 Å². The van der Waals surface area contributed by atoms with Gasteiger partial charge >= 0.3 is 11.9 Å². The standard InChI is InChI=1S/C19H17BrN2O7/c1-3-28-18(24)12-7-13(9-15(8-12)22(26)27)19(25)29-10-17(23)21-16-5-4-14(20)6-11(16)2/h4-9H,3,10H2,1-2H3,(H,21,23). The summed E-state index contributed by atoms with van der Waals surface area (Å²) in [6.07, 6.45) is 0. The predicted molar refractivity (Wildman–Crippen MR) is 107 cm³/mol. The number of anilines is 1. The number of benzene rings is 2. The van der Waals surface area contributed by atoms with Crippen LogP contribution in [0.4, 0.5) is 11.4 Å². The number of aryl methyl sites for hydroxylation is 1. The molecule has 2 aromatic carbocycles. The van der Waals surface area contributed by atoms with Gasteiger partial charge in [-0.3, -0.25) is 14.9 Å². The summed E-state index contributed by atoms with van der Waals surface area (Å²) in [7, 11) is 0. The number of rotatable bonds is 7. The summed E-state index contributed by atoms with van der Waals surface area (Å²) in [5.41, 5.74) is 0.473. The number of nitro benzene ring substituents is 1. The average Bonchev–Trinajstić information content (AvgIpc) is 2.68. The van der Waals surface area contributed by atoms with Crippen molar-refractivity contribution in [3.8, 4) is 0 Å². The maximum atomic E-state index is 12.2. The highest BCUT2D eigenvalue weighted by Gasteiger charge is 2.20. The first-order valence-corrected chi connectivity index (χ1v) is 9.20. The predicted octanol–water partition coefficient (Wildman–Crippen LogP) is 3.64. The lowest BCUT2D eigenvalue weighted by atomic mass is 10.1. The summed E-state index contributed by atoms with van der Waals surface area (Å²) in [5, 5.41) is 13.7. The largest absolute Gasteiger partial charge is 0.462 e. The summed E-state index contributed by atoms with van der Waals surface area (Å²) in [5.74, 6) is -2.38. The Morgan fingerprint density at radius 1 is 1.07 bits per heavy atom. The van der Waals surface area contributed by atoms with Gasteiger partial charge in [0.05, 0.1) is 22.7 Å². The highest BCUT2D eigenvalue weighted by molar-refractivity contribution is 9.10. The number of carbonyl (C=O) groups excluding carboxylic acids is 3. The van der Waals surface area contributed by atoms with E-state index in [4.69, 9.17) is 9.47 Å². The molecule has 9 nitrogen and oxygen atoms in total. The third-order valence-electron chi connectivity index (χ3n) is 3.67. The quantitative estimate of drug-likeness (QED) is 0.376. The second-order valence-electron chi connectivity index (χ2n) is 5.83. The van der Waals surface area contributed by atoms with Crippen molar-refractivity contribution in [2.45, 2.75) is 13.8 Å². The Bertz CT molecular complexity index is 975. The van der Waals surface area contributed by atoms with E-state index in [1.807, 2.05) is 6.07 Å². The van der Waals surface area contributed by atoms with Gasteiger partial charge in [0.2, 0.25) is 0 Å². The van der Waals surface area contributed by atoms with Crippen molar-refractivity contribution in [3.63, 3.8) is 0 Å². The molecule has 0 fully saturated rings. The van der Waals surface area contributed by atoms with Crippen molar-refractivity contribution >= 4 is 45.2 Å². The van der Waals surface area contributed by atoms with Gasteiger partial charge in [-0.15, -0.1) is 0 Å². The van der Waals surface area contributed by atoms with Gasteiger partial charge in [-0.05, 0) is 43.7 Å². The molecule has 0 aliphatic rings. The fourth-order valence-corrected chi connectivity index (χ4v) is 2.81. The lowest BCUT2D eigenvalue weighted by Gasteiger charge is -2.10. The van der Waals surface area contributed by atoms with E-state index in [1.54, 1.807) is 26.0 Å². The van der Waals surface area contributed by atoms with Crippen molar-refractivity contribution in [2.75, 3.05) is 18.5 Å². The topological polar surface area (TPSA) is 125 Å². The Morgan fingerprint density at radius 2 is 1.69 bits per heavy atom. The molecule has 0 aliphatic carbocycles. The first-order chi connectivity index (χ1) is 13.7. The molecule has 29 heavy (non-hydrogen) atoms. The van der Waals surface area contributed by atoms with E-state index >= 15 is 0 Å². The van der Waals surface area contributed by atoms with Gasteiger partial charge in [-0.2, -0.15) is 0 Å².